The van der Waals surface area contributed by atoms with Crippen molar-refractivity contribution in [1.82, 2.24) is 29.9 Å². The van der Waals surface area contributed by atoms with Gasteiger partial charge in [-0.3, -0.25) is 0 Å². The maximum absolute atomic E-state index is 6.25. The van der Waals surface area contributed by atoms with Gasteiger partial charge in [0.15, 0.2) is 23.1 Å². The summed E-state index contributed by atoms with van der Waals surface area (Å²) in [5.74, 6) is 1.87. The zero-order valence-corrected chi connectivity index (χ0v) is 24.9. The summed E-state index contributed by atoms with van der Waals surface area (Å²) in [6, 6.07) is 44.8. The molecule has 0 amide bonds. The summed E-state index contributed by atoms with van der Waals surface area (Å²) in [6.07, 6.45) is 3.41. The van der Waals surface area contributed by atoms with E-state index in [1.807, 2.05) is 91.1 Å². The molecule has 0 aliphatic carbocycles. The number of rotatable bonds is 5. The SMILES string of the molecule is c1ccc(-c2nc(-c3ccccc3)nc(-c3ccc(-c4cnc5oc6c(-c7ccc8ccccc8c7)ncnc6c5c4)cc3)n2)cc1. The minimum Gasteiger partial charge on any atom is -0.434 e. The van der Waals surface area contributed by atoms with E-state index in [2.05, 4.69) is 63.5 Å². The van der Waals surface area contributed by atoms with E-state index in [9.17, 15) is 0 Å². The molecule has 0 radical (unpaired) electrons. The molecule has 0 aliphatic heterocycles. The lowest BCUT2D eigenvalue weighted by Crippen LogP contribution is -2.00. The zero-order valence-electron chi connectivity index (χ0n) is 24.9. The minimum absolute atomic E-state index is 0.523. The normalized spacial score (nSPS) is 11.4. The molecule has 9 aromatic rings. The molecule has 0 saturated heterocycles. The fourth-order valence-corrected chi connectivity index (χ4v) is 5.91. The fourth-order valence-electron chi connectivity index (χ4n) is 5.91. The van der Waals surface area contributed by atoms with Crippen LogP contribution in [0.25, 0.3) is 89.5 Å². The number of hydrogen-bond acceptors (Lipinski definition) is 7. The highest BCUT2D eigenvalue weighted by Gasteiger charge is 2.17. The summed E-state index contributed by atoms with van der Waals surface area (Å²) in [4.78, 5) is 28.4. The molecule has 0 saturated carbocycles. The lowest BCUT2D eigenvalue weighted by Gasteiger charge is -2.09. The molecule has 0 aliphatic rings. The molecular formula is C40H24N6O. The van der Waals surface area contributed by atoms with Crippen LogP contribution in [0.2, 0.25) is 0 Å². The standard InChI is InChI=1S/C40H24N6O/c1-3-10-27(11-4-1)37-44-38(28-12-5-2-6-13-28)46-39(45-37)29-18-15-26(16-19-29)32-22-33-35-36(47-40(33)41-23-32)34(42-24-43-35)31-20-17-25-9-7-8-14-30(25)21-31/h1-24H. The van der Waals surface area contributed by atoms with Crippen LogP contribution in [-0.2, 0) is 0 Å². The van der Waals surface area contributed by atoms with Crippen LogP contribution in [0.15, 0.2) is 150 Å². The molecular weight excluding hydrogens is 580 g/mol. The quantitative estimate of drug-likeness (QED) is 0.193. The highest BCUT2D eigenvalue weighted by Crippen LogP contribution is 2.35. The Bertz CT molecular complexity index is 2510. The minimum atomic E-state index is 0.523. The van der Waals surface area contributed by atoms with Gasteiger partial charge in [0, 0.05) is 34.0 Å². The highest BCUT2D eigenvalue weighted by molar-refractivity contribution is 6.06. The molecule has 0 N–H and O–H groups in total. The number of aromatic nitrogens is 6. The maximum Gasteiger partial charge on any atom is 0.229 e. The van der Waals surface area contributed by atoms with Gasteiger partial charge in [0.2, 0.25) is 5.71 Å². The maximum atomic E-state index is 6.25. The van der Waals surface area contributed by atoms with Gasteiger partial charge in [0.1, 0.15) is 17.5 Å². The average molecular weight is 605 g/mol. The van der Waals surface area contributed by atoms with Crippen LogP contribution >= 0.6 is 0 Å². The Morgan fingerprint density at radius 1 is 0.426 bits per heavy atom. The van der Waals surface area contributed by atoms with Crippen LogP contribution in [0, 0.1) is 0 Å². The van der Waals surface area contributed by atoms with E-state index in [0.29, 0.717) is 28.8 Å². The number of furan rings is 1. The van der Waals surface area contributed by atoms with Crippen molar-refractivity contribution in [3.63, 3.8) is 0 Å². The second-order valence-electron chi connectivity index (χ2n) is 11.3. The van der Waals surface area contributed by atoms with Gasteiger partial charge in [0.05, 0.1) is 5.39 Å². The summed E-state index contributed by atoms with van der Waals surface area (Å²) in [6.45, 7) is 0. The van der Waals surface area contributed by atoms with Crippen molar-refractivity contribution in [3.8, 4) is 56.5 Å². The average Bonchev–Trinajstić information content (AvgIpc) is 3.53. The Balaban J connectivity index is 1.09. The third kappa shape index (κ3) is 4.87. The van der Waals surface area contributed by atoms with Crippen LogP contribution < -0.4 is 0 Å². The lowest BCUT2D eigenvalue weighted by atomic mass is 10.0. The second-order valence-corrected chi connectivity index (χ2v) is 11.3. The van der Waals surface area contributed by atoms with Crippen molar-refractivity contribution in [3.05, 3.63) is 146 Å². The first-order chi connectivity index (χ1) is 23.3. The van der Waals surface area contributed by atoms with Gasteiger partial charge < -0.3 is 4.42 Å². The van der Waals surface area contributed by atoms with E-state index in [1.165, 1.54) is 5.39 Å². The third-order valence-corrected chi connectivity index (χ3v) is 8.31. The van der Waals surface area contributed by atoms with Crippen LogP contribution in [0.4, 0.5) is 0 Å². The molecule has 0 atom stereocenters. The molecule has 220 valence electrons. The molecule has 7 nitrogen and oxygen atoms in total. The van der Waals surface area contributed by atoms with Gasteiger partial charge in [-0.25, -0.2) is 29.9 Å². The zero-order chi connectivity index (χ0) is 31.2. The molecule has 7 heteroatoms. The fraction of sp³-hybridized carbons (Fsp3) is 0. The first-order valence-corrected chi connectivity index (χ1v) is 15.3. The van der Waals surface area contributed by atoms with Gasteiger partial charge in [-0.1, -0.05) is 121 Å². The Hall–Kier alpha value is -6.60. The first kappa shape index (κ1) is 26.8. The van der Waals surface area contributed by atoms with Crippen LogP contribution in [-0.4, -0.2) is 29.9 Å². The van der Waals surface area contributed by atoms with E-state index in [4.69, 9.17) is 19.4 Å². The van der Waals surface area contributed by atoms with Gasteiger partial charge in [-0.2, -0.15) is 0 Å². The van der Waals surface area contributed by atoms with Crippen molar-refractivity contribution in [2.75, 3.05) is 0 Å². The Morgan fingerprint density at radius 3 is 1.68 bits per heavy atom. The third-order valence-electron chi connectivity index (χ3n) is 8.31. The first-order valence-electron chi connectivity index (χ1n) is 15.3. The molecule has 9 rings (SSSR count). The molecule has 0 spiro atoms. The second kappa shape index (κ2) is 11.1. The Labute approximate surface area is 269 Å². The van der Waals surface area contributed by atoms with Crippen molar-refractivity contribution in [2.45, 2.75) is 0 Å². The van der Waals surface area contributed by atoms with Crippen molar-refractivity contribution in [1.29, 1.82) is 0 Å². The smallest absolute Gasteiger partial charge is 0.229 e. The van der Waals surface area contributed by atoms with Crippen LogP contribution in [0.1, 0.15) is 0 Å². The molecule has 0 fully saturated rings. The van der Waals surface area contributed by atoms with Gasteiger partial charge in [0.25, 0.3) is 0 Å². The van der Waals surface area contributed by atoms with Crippen LogP contribution in [0.5, 0.6) is 0 Å². The predicted octanol–water partition coefficient (Wildman–Crippen LogP) is 9.44. The van der Waals surface area contributed by atoms with Gasteiger partial charge >= 0.3 is 0 Å². The van der Waals surface area contributed by atoms with E-state index in [1.54, 1.807) is 6.33 Å². The molecule has 47 heavy (non-hydrogen) atoms. The Kier molecular flexibility index (Phi) is 6.31. The number of benzene rings is 5. The number of nitrogens with zero attached hydrogens (tertiary/aromatic N) is 6. The van der Waals surface area contributed by atoms with Gasteiger partial charge in [-0.15, -0.1) is 0 Å². The molecule has 5 aromatic carbocycles. The number of fused-ring (bicyclic) bond motifs is 4. The highest BCUT2D eigenvalue weighted by atomic mass is 16.3. The van der Waals surface area contributed by atoms with E-state index in [-0.39, 0.29) is 0 Å². The summed E-state index contributed by atoms with van der Waals surface area (Å²) >= 11 is 0. The van der Waals surface area contributed by atoms with Crippen LogP contribution in [0.3, 0.4) is 0 Å². The molecule has 0 unspecified atom stereocenters. The lowest BCUT2D eigenvalue weighted by molar-refractivity contribution is 0.652. The van der Waals surface area contributed by atoms with Crippen molar-refractivity contribution < 1.29 is 4.42 Å². The summed E-state index contributed by atoms with van der Waals surface area (Å²) in [7, 11) is 0. The molecule has 4 heterocycles. The monoisotopic (exact) mass is 604 g/mol. The van der Waals surface area contributed by atoms with Crippen molar-refractivity contribution >= 4 is 33.0 Å². The van der Waals surface area contributed by atoms with E-state index < -0.39 is 0 Å². The largest absolute Gasteiger partial charge is 0.434 e. The van der Waals surface area contributed by atoms with Gasteiger partial charge in [-0.05, 0) is 28.5 Å². The summed E-state index contributed by atoms with van der Waals surface area (Å²) in [5.41, 5.74) is 8.30. The predicted molar refractivity (Wildman–Crippen MR) is 185 cm³/mol. The summed E-state index contributed by atoms with van der Waals surface area (Å²) in [5, 5.41) is 3.15. The van der Waals surface area contributed by atoms with Crippen molar-refractivity contribution in [2.24, 2.45) is 0 Å². The summed E-state index contributed by atoms with van der Waals surface area (Å²) < 4.78 is 6.25. The Morgan fingerprint density at radius 2 is 1.00 bits per heavy atom. The number of pyridine rings is 1. The van der Waals surface area contributed by atoms with E-state index in [0.717, 1.165) is 55.4 Å². The molecule has 0 bridgehead atoms. The number of hydrogen-bond donors (Lipinski definition) is 0. The topological polar surface area (TPSA) is 90.5 Å². The van der Waals surface area contributed by atoms with E-state index >= 15 is 0 Å². The molecule has 4 aromatic heterocycles.